The molecular weight excluding hydrogens is 544 g/mol. The lowest BCUT2D eigenvalue weighted by Gasteiger charge is -2.33. The van der Waals surface area contributed by atoms with E-state index in [1.54, 1.807) is 13.8 Å². The minimum Gasteiger partial charge on any atom is -0.481 e. The van der Waals surface area contributed by atoms with Crippen LogP contribution in [0.3, 0.4) is 0 Å². The molecule has 0 spiro atoms. The van der Waals surface area contributed by atoms with Crippen LogP contribution in [-0.4, -0.2) is 66.1 Å². The molecule has 0 aliphatic carbocycles. The van der Waals surface area contributed by atoms with Crippen LogP contribution in [0.1, 0.15) is 77.7 Å². The third kappa shape index (κ3) is 12.0. The fourth-order valence-corrected chi connectivity index (χ4v) is 3.95. The number of cyclic esters (lactones) is 2. The highest BCUT2D eigenvalue weighted by atomic mass is 16.7. The van der Waals surface area contributed by atoms with Gasteiger partial charge in [-0.25, -0.2) is 0 Å². The van der Waals surface area contributed by atoms with Gasteiger partial charge >= 0.3 is 23.9 Å². The molecule has 1 saturated heterocycles. The number of Topliss-reactive ketones (excluding diaryl/α,β-unsaturated/α-hetero) is 1. The summed E-state index contributed by atoms with van der Waals surface area (Å²) in [5.74, 6) is -4.95. The second kappa shape index (κ2) is 18.1. The summed E-state index contributed by atoms with van der Waals surface area (Å²) < 4.78 is 10.4. The molecule has 0 amide bonds. The summed E-state index contributed by atoms with van der Waals surface area (Å²) in [7, 11) is 0. The average Bonchev–Trinajstić information content (AvgIpc) is 2.90. The van der Waals surface area contributed by atoms with Crippen LogP contribution < -0.4 is 9.80 Å². The van der Waals surface area contributed by atoms with Crippen LogP contribution >= 0.6 is 0 Å². The Kier molecular flexibility index (Phi) is 16.2. The van der Waals surface area contributed by atoms with Crippen LogP contribution in [0.15, 0.2) is 48.5 Å². The SMILES string of the molecule is C.CCN(CC)c1ccc(C(C)=O)cc1.CCN(CC)c1ccc(C2(C)OC(=O)CC(=O)O2)cc1.O=C(O)CC(=O)O. The lowest BCUT2D eigenvalue weighted by molar-refractivity contribution is -0.242. The van der Waals surface area contributed by atoms with E-state index in [1.807, 2.05) is 48.5 Å². The minimum absolute atomic E-state index is 0. The maximum Gasteiger partial charge on any atom is 0.320 e. The molecule has 232 valence electrons. The summed E-state index contributed by atoms with van der Waals surface area (Å²) in [6, 6.07) is 15.3. The summed E-state index contributed by atoms with van der Waals surface area (Å²) >= 11 is 0. The van der Waals surface area contributed by atoms with Crippen molar-refractivity contribution in [3.05, 3.63) is 59.7 Å². The van der Waals surface area contributed by atoms with Crippen LogP contribution in [0.5, 0.6) is 0 Å². The van der Waals surface area contributed by atoms with Crippen molar-refractivity contribution < 1.29 is 43.7 Å². The summed E-state index contributed by atoms with van der Waals surface area (Å²) in [5, 5.41) is 15.4. The van der Waals surface area contributed by atoms with Crippen LogP contribution in [0.2, 0.25) is 0 Å². The van der Waals surface area contributed by atoms with Gasteiger partial charge in [-0.15, -0.1) is 0 Å². The van der Waals surface area contributed by atoms with E-state index in [2.05, 4.69) is 37.5 Å². The number of hydrogen-bond donors (Lipinski definition) is 2. The van der Waals surface area contributed by atoms with Crippen LogP contribution in [-0.2, 0) is 34.4 Å². The van der Waals surface area contributed by atoms with Gasteiger partial charge in [-0.1, -0.05) is 7.43 Å². The number of ketones is 1. The van der Waals surface area contributed by atoms with Crippen molar-refractivity contribution in [3.63, 3.8) is 0 Å². The summed E-state index contributed by atoms with van der Waals surface area (Å²) in [5.41, 5.74) is 3.69. The number of aliphatic carboxylic acids is 2. The number of esters is 2. The number of carboxylic acids is 2. The predicted octanol–water partition coefficient (Wildman–Crippen LogP) is 5.11. The predicted molar refractivity (Wildman–Crippen MR) is 161 cm³/mol. The smallest absolute Gasteiger partial charge is 0.320 e. The Morgan fingerprint density at radius 2 is 1.10 bits per heavy atom. The fraction of sp³-hybridized carbons (Fsp3) is 0.452. The number of nitrogens with zero attached hydrogens (tertiary/aromatic N) is 2. The van der Waals surface area contributed by atoms with Crippen LogP contribution in [0.4, 0.5) is 11.4 Å². The number of carbonyl (C=O) groups excluding carboxylic acids is 3. The van der Waals surface area contributed by atoms with E-state index in [1.165, 1.54) is 5.69 Å². The Hall–Kier alpha value is -4.41. The number of carbonyl (C=O) groups is 5. The van der Waals surface area contributed by atoms with E-state index in [0.717, 1.165) is 37.4 Å². The molecule has 0 unspecified atom stereocenters. The maximum atomic E-state index is 11.4. The molecule has 2 aromatic rings. The fourth-order valence-electron chi connectivity index (χ4n) is 3.95. The molecule has 1 fully saturated rings. The first kappa shape index (κ1) is 37.6. The first-order valence-corrected chi connectivity index (χ1v) is 13.4. The molecule has 0 radical (unpaired) electrons. The van der Waals surface area contributed by atoms with Crippen molar-refractivity contribution in [3.8, 4) is 0 Å². The van der Waals surface area contributed by atoms with Gasteiger partial charge in [-0.05, 0) is 83.1 Å². The molecule has 1 heterocycles. The molecule has 42 heavy (non-hydrogen) atoms. The zero-order valence-electron chi connectivity index (χ0n) is 24.5. The summed E-state index contributed by atoms with van der Waals surface area (Å²) in [6.45, 7) is 15.4. The molecule has 11 heteroatoms. The van der Waals surface area contributed by atoms with Gasteiger partial charge in [0.1, 0.15) is 12.8 Å². The molecule has 0 atom stereocenters. The van der Waals surface area contributed by atoms with Crippen molar-refractivity contribution in [1.82, 2.24) is 0 Å². The van der Waals surface area contributed by atoms with E-state index in [-0.39, 0.29) is 19.6 Å². The number of hydrogen-bond acceptors (Lipinski definition) is 9. The third-order valence-corrected chi connectivity index (χ3v) is 6.13. The van der Waals surface area contributed by atoms with Gasteiger partial charge in [0.25, 0.3) is 5.79 Å². The van der Waals surface area contributed by atoms with Gasteiger partial charge in [0.15, 0.2) is 5.78 Å². The Morgan fingerprint density at radius 3 is 1.38 bits per heavy atom. The molecule has 2 aromatic carbocycles. The van der Waals surface area contributed by atoms with E-state index < -0.39 is 36.1 Å². The van der Waals surface area contributed by atoms with Gasteiger partial charge in [0, 0.05) is 55.6 Å². The van der Waals surface area contributed by atoms with Gasteiger partial charge in [-0.2, -0.15) is 0 Å². The van der Waals surface area contributed by atoms with Gasteiger partial charge in [0.2, 0.25) is 0 Å². The number of ether oxygens (including phenoxy) is 2. The first-order chi connectivity index (χ1) is 19.3. The van der Waals surface area contributed by atoms with Crippen LogP contribution in [0, 0.1) is 0 Å². The molecule has 0 saturated carbocycles. The molecule has 1 aliphatic heterocycles. The van der Waals surface area contributed by atoms with E-state index >= 15 is 0 Å². The third-order valence-electron chi connectivity index (χ3n) is 6.13. The number of carboxylic acid groups (broad SMARTS) is 2. The topological polar surface area (TPSA) is 151 Å². The largest absolute Gasteiger partial charge is 0.481 e. The summed E-state index contributed by atoms with van der Waals surface area (Å²) in [4.78, 5) is 57.2. The van der Waals surface area contributed by atoms with Crippen molar-refractivity contribution in [1.29, 1.82) is 0 Å². The molecule has 11 nitrogen and oxygen atoms in total. The van der Waals surface area contributed by atoms with Gasteiger partial charge in [-0.3, -0.25) is 24.0 Å². The molecule has 1 aliphatic rings. The monoisotopic (exact) mass is 588 g/mol. The first-order valence-electron chi connectivity index (χ1n) is 13.4. The van der Waals surface area contributed by atoms with Crippen molar-refractivity contribution in [2.45, 2.75) is 67.6 Å². The molecule has 2 N–H and O–H groups in total. The Labute approximate surface area is 248 Å². The molecular formula is C31H44N2O9. The second-order valence-corrected chi connectivity index (χ2v) is 9.03. The lowest BCUT2D eigenvalue weighted by Crippen LogP contribution is -2.40. The van der Waals surface area contributed by atoms with Gasteiger partial charge in [0.05, 0.1) is 0 Å². The number of rotatable bonds is 10. The molecule has 0 aromatic heterocycles. The van der Waals surface area contributed by atoms with Crippen LogP contribution in [0.25, 0.3) is 0 Å². The highest BCUT2D eigenvalue weighted by Gasteiger charge is 2.40. The summed E-state index contributed by atoms with van der Waals surface area (Å²) in [6.07, 6.45) is -1.13. The Balaban J connectivity index is 0.000000667. The van der Waals surface area contributed by atoms with Crippen molar-refractivity contribution in [2.24, 2.45) is 0 Å². The Bertz CT molecular complexity index is 1140. The lowest BCUT2D eigenvalue weighted by atomic mass is 10.1. The van der Waals surface area contributed by atoms with E-state index in [0.29, 0.717) is 5.56 Å². The number of benzene rings is 2. The average molecular weight is 589 g/mol. The highest BCUT2D eigenvalue weighted by Crippen LogP contribution is 2.32. The number of anilines is 2. The zero-order valence-corrected chi connectivity index (χ0v) is 24.5. The van der Waals surface area contributed by atoms with Crippen molar-refractivity contribution in [2.75, 3.05) is 36.0 Å². The quantitative estimate of drug-likeness (QED) is 0.216. The maximum absolute atomic E-state index is 11.4. The zero-order chi connectivity index (χ0) is 31.2. The minimum atomic E-state index is -1.33. The second-order valence-electron chi connectivity index (χ2n) is 9.03. The Morgan fingerprint density at radius 1 is 0.738 bits per heavy atom. The van der Waals surface area contributed by atoms with E-state index in [4.69, 9.17) is 19.7 Å². The molecule has 0 bridgehead atoms. The molecule has 3 rings (SSSR count). The standard InChI is InChI=1S/C15H19NO4.C12H17NO.C3H4O4.CH4/c1-4-16(5-2)12-8-6-11(7-9-12)15(3)19-13(17)10-14(18)20-15;1-4-13(5-2)12-8-6-11(7-9-12)10(3)14;4-2(5)1-3(6)7;/h6-9H,4-5,10H2,1-3H3;6-9H,4-5H2,1-3H3;1H2,(H,4,5)(H,6,7);1H4. The van der Waals surface area contributed by atoms with E-state index in [9.17, 15) is 24.0 Å². The normalized spacial score (nSPS) is 12.9. The van der Waals surface area contributed by atoms with Crippen molar-refractivity contribution >= 4 is 41.0 Å². The highest BCUT2D eigenvalue weighted by molar-refractivity contribution is 5.94. The van der Waals surface area contributed by atoms with Gasteiger partial charge < -0.3 is 29.5 Å².